The Morgan fingerprint density at radius 3 is 2.44 bits per heavy atom. The van der Waals surface area contributed by atoms with Crippen molar-refractivity contribution in [3.05, 3.63) is 76.9 Å². The lowest BCUT2D eigenvalue weighted by molar-refractivity contribution is -0.141. The van der Waals surface area contributed by atoms with Crippen molar-refractivity contribution in [1.82, 2.24) is 15.3 Å². The minimum absolute atomic E-state index is 0.123. The van der Waals surface area contributed by atoms with Gasteiger partial charge in [-0.05, 0) is 54.9 Å². The summed E-state index contributed by atoms with van der Waals surface area (Å²) < 4.78 is 45.7. The van der Waals surface area contributed by atoms with Gasteiger partial charge in [0.1, 0.15) is 5.75 Å². The molecule has 1 fully saturated rings. The second kappa shape index (κ2) is 10.1. The van der Waals surface area contributed by atoms with Crippen molar-refractivity contribution >= 4 is 34.9 Å². The number of thiocarbonyl (C=S) groups is 1. The fourth-order valence-electron chi connectivity index (χ4n) is 4.12. The molecule has 0 saturated heterocycles. The molecule has 34 heavy (non-hydrogen) atoms. The van der Waals surface area contributed by atoms with Crippen LogP contribution in [0.1, 0.15) is 36.9 Å². The number of nitrogens with zero attached hydrogens (tertiary/aromatic N) is 2. The summed E-state index contributed by atoms with van der Waals surface area (Å²) in [6.45, 7) is 0.505. The molecule has 0 aliphatic heterocycles. The summed E-state index contributed by atoms with van der Waals surface area (Å²) in [5.74, 6) is -0.197. The zero-order valence-electron chi connectivity index (χ0n) is 18.0. The predicted molar refractivity (Wildman–Crippen MR) is 129 cm³/mol. The molecule has 3 aromatic rings. The second-order valence-electron chi connectivity index (χ2n) is 8.13. The summed E-state index contributed by atoms with van der Waals surface area (Å²) in [5.41, 5.74) is -0.182. The maximum absolute atomic E-state index is 13.4. The van der Waals surface area contributed by atoms with Gasteiger partial charge in [-0.15, -0.1) is 0 Å². The van der Waals surface area contributed by atoms with Crippen LogP contribution in [0.4, 0.5) is 19.1 Å². The maximum atomic E-state index is 13.4. The van der Waals surface area contributed by atoms with Gasteiger partial charge in [0, 0.05) is 23.0 Å². The number of hydrogen-bond donors (Lipinski definition) is 2. The zero-order valence-corrected chi connectivity index (χ0v) is 19.6. The molecule has 178 valence electrons. The molecule has 2 N–H and O–H groups in total. The molecule has 2 aromatic carbocycles. The van der Waals surface area contributed by atoms with Crippen molar-refractivity contribution in [3.8, 4) is 11.6 Å². The smallest absolute Gasteiger partial charge is 0.433 e. The SMILES string of the molecule is FC(F)(F)c1cc(Oc2ccccc2)nc(NC(=S)NCC2(c3cccc(Cl)c3)CCCC2)n1. The van der Waals surface area contributed by atoms with E-state index in [1.54, 1.807) is 30.3 Å². The summed E-state index contributed by atoms with van der Waals surface area (Å²) in [5, 5.41) is 6.59. The molecule has 0 amide bonds. The van der Waals surface area contributed by atoms with Gasteiger partial charge in [0.15, 0.2) is 10.8 Å². The fourth-order valence-corrected chi connectivity index (χ4v) is 4.47. The number of hydrogen-bond acceptors (Lipinski definition) is 4. The maximum Gasteiger partial charge on any atom is 0.433 e. The van der Waals surface area contributed by atoms with Crippen LogP contribution in [0.5, 0.6) is 11.6 Å². The summed E-state index contributed by atoms with van der Waals surface area (Å²) in [7, 11) is 0. The standard InChI is InChI=1S/C24H22ClF3N4OS/c25-17-8-6-7-16(13-17)23(11-4-5-12-23)15-29-22(34)32-21-30-19(24(26,27)28)14-20(31-21)33-18-9-2-1-3-10-18/h1-3,6-10,13-14H,4-5,11-12,15H2,(H2,29,30,31,32,34). The van der Waals surface area contributed by atoms with Crippen LogP contribution in [0.15, 0.2) is 60.7 Å². The zero-order chi connectivity index (χ0) is 24.2. The van der Waals surface area contributed by atoms with Gasteiger partial charge in [-0.25, -0.2) is 4.98 Å². The van der Waals surface area contributed by atoms with E-state index in [4.69, 9.17) is 28.6 Å². The number of aromatic nitrogens is 2. The Bertz CT molecular complexity index is 1150. The number of ether oxygens (including phenoxy) is 1. The summed E-state index contributed by atoms with van der Waals surface area (Å²) in [6.07, 6.45) is -0.615. The first-order valence-electron chi connectivity index (χ1n) is 10.7. The molecule has 0 spiro atoms. The lowest BCUT2D eigenvalue weighted by Gasteiger charge is -2.30. The van der Waals surface area contributed by atoms with E-state index < -0.39 is 11.9 Å². The quantitative estimate of drug-likeness (QED) is 0.361. The number of nitrogens with one attached hydrogen (secondary N) is 2. The van der Waals surface area contributed by atoms with Crippen molar-refractivity contribution in [2.75, 3.05) is 11.9 Å². The third kappa shape index (κ3) is 5.95. The average Bonchev–Trinajstić information content (AvgIpc) is 3.28. The van der Waals surface area contributed by atoms with E-state index in [0.717, 1.165) is 37.3 Å². The first-order valence-corrected chi connectivity index (χ1v) is 11.5. The van der Waals surface area contributed by atoms with Crippen LogP contribution >= 0.6 is 23.8 Å². The van der Waals surface area contributed by atoms with Crippen molar-refractivity contribution < 1.29 is 17.9 Å². The molecule has 1 aromatic heterocycles. The molecule has 0 atom stereocenters. The van der Waals surface area contributed by atoms with Crippen LogP contribution < -0.4 is 15.4 Å². The molecule has 10 heteroatoms. The van der Waals surface area contributed by atoms with Crippen LogP contribution in [-0.2, 0) is 11.6 Å². The first-order chi connectivity index (χ1) is 16.2. The number of anilines is 1. The highest BCUT2D eigenvalue weighted by molar-refractivity contribution is 7.80. The molecule has 0 unspecified atom stereocenters. The lowest BCUT2D eigenvalue weighted by Crippen LogP contribution is -2.41. The summed E-state index contributed by atoms with van der Waals surface area (Å²) in [4.78, 5) is 7.64. The predicted octanol–water partition coefficient (Wildman–Crippen LogP) is 6.74. The van der Waals surface area contributed by atoms with E-state index in [9.17, 15) is 13.2 Å². The van der Waals surface area contributed by atoms with Gasteiger partial charge >= 0.3 is 6.18 Å². The molecular weight excluding hydrogens is 485 g/mol. The highest BCUT2D eigenvalue weighted by Gasteiger charge is 2.36. The Morgan fingerprint density at radius 1 is 1.03 bits per heavy atom. The van der Waals surface area contributed by atoms with E-state index in [1.807, 2.05) is 24.3 Å². The van der Waals surface area contributed by atoms with Crippen molar-refractivity contribution in [2.45, 2.75) is 37.3 Å². The Balaban J connectivity index is 1.50. The van der Waals surface area contributed by atoms with Gasteiger partial charge in [-0.2, -0.15) is 18.2 Å². The molecule has 5 nitrogen and oxygen atoms in total. The van der Waals surface area contributed by atoms with Crippen LogP contribution in [-0.4, -0.2) is 21.6 Å². The Labute approximate surface area is 205 Å². The normalized spacial score (nSPS) is 15.1. The van der Waals surface area contributed by atoms with Crippen LogP contribution in [0, 0.1) is 0 Å². The number of para-hydroxylation sites is 1. The largest absolute Gasteiger partial charge is 0.439 e. The molecule has 1 aliphatic rings. The van der Waals surface area contributed by atoms with Crippen molar-refractivity contribution in [3.63, 3.8) is 0 Å². The van der Waals surface area contributed by atoms with E-state index in [1.165, 1.54) is 0 Å². The Hall–Kier alpha value is -2.91. The van der Waals surface area contributed by atoms with Crippen LogP contribution in [0.25, 0.3) is 0 Å². The van der Waals surface area contributed by atoms with Crippen LogP contribution in [0.3, 0.4) is 0 Å². The van der Waals surface area contributed by atoms with Crippen LogP contribution in [0.2, 0.25) is 5.02 Å². The summed E-state index contributed by atoms with van der Waals surface area (Å²) in [6, 6.07) is 16.9. The molecule has 0 radical (unpaired) electrons. The van der Waals surface area contributed by atoms with Gasteiger partial charge in [-0.1, -0.05) is 54.8 Å². The van der Waals surface area contributed by atoms with Crippen molar-refractivity contribution in [2.24, 2.45) is 0 Å². The number of alkyl halides is 3. The Morgan fingerprint density at radius 2 is 1.76 bits per heavy atom. The van der Waals surface area contributed by atoms with Crippen molar-refractivity contribution in [1.29, 1.82) is 0 Å². The van der Waals surface area contributed by atoms with Gasteiger partial charge < -0.3 is 15.4 Å². The van der Waals surface area contributed by atoms with E-state index >= 15 is 0 Å². The van der Waals surface area contributed by atoms with Gasteiger partial charge in [0.25, 0.3) is 0 Å². The van der Waals surface area contributed by atoms with Gasteiger partial charge in [-0.3, -0.25) is 0 Å². The monoisotopic (exact) mass is 506 g/mol. The highest BCUT2D eigenvalue weighted by atomic mass is 35.5. The fraction of sp³-hybridized carbons (Fsp3) is 0.292. The molecule has 1 aliphatic carbocycles. The van der Waals surface area contributed by atoms with E-state index in [-0.39, 0.29) is 22.4 Å². The van der Waals surface area contributed by atoms with E-state index in [2.05, 4.69) is 20.6 Å². The topological polar surface area (TPSA) is 59.1 Å². The Kier molecular flexibility index (Phi) is 7.23. The lowest BCUT2D eigenvalue weighted by atomic mass is 9.79. The third-order valence-corrected chi connectivity index (χ3v) is 6.25. The van der Waals surface area contributed by atoms with Gasteiger partial charge in [0.05, 0.1) is 0 Å². The van der Waals surface area contributed by atoms with E-state index in [0.29, 0.717) is 17.3 Å². The molecule has 4 rings (SSSR count). The molecule has 1 saturated carbocycles. The average molecular weight is 507 g/mol. The molecular formula is C24H22ClF3N4OS. The summed E-state index contributed by atoms with van der Waals surface area (Å²) >= 11 is 11.6. The second-order valence-corrected chi connectivity index (χ2v) is 8.98. The number of rotatable bonds is 6. The highest BCUT2D eigenvalue weighted by Crippen LogP contribution is 2.41. The minimum atomic E-state index is -4.68. The molecule has 0 bridgehead atoms. The first kappa shape index (κ1) is 24.2. The minimum Gasteiger partial charge on any atom is -0.439 e. The third-order valence-electron chi connectivity index (χ3n) is 5.77. The number of halogens is 4. The molecule has 1 heterocycles. The van der Waals surface area contributed by atoms with Gasteiger partial charge in [0.2, 0.25) is 11.8 Å². The number of benzene rings is 2.